The average Bonchev–Trinajstić information content (AvgIpc) is 2.59. The van der Waals surface area contributed by atoms with Crippen LogP contribution in [-0.4, -0.2) is 5.78 Å². The standard InChI is InChI=1S/C24H44O/c25-24-21-17-13-9-5-4-8-12-16-20-23(24)22-18-14-10-6-2-1-3-7-11-15-19-22/h22-23H,1-21H2. The fourth-order valence-electron chi connectivity index (χ4n) is 5.17. The summed E-state index contributed by atoms with van der Waals surface area (Å²) in [5, 5.41) is 0. The van der Waals surface area contributed by atoms with Crippen molar-refractivity contribution < 1.29 is 4.79 Å². The molecule has 2 saturated carbocycles. The zero-order valence-corrected chi connectivity index (χ0v) is 16.9. The van der Waals surface area contributed by atoms with Crippen molar-refractivity contribution in [3.63, 3.8) is 0 Å². The molecule has 2 rings (SSSR count). The van der Waals surface area contributed by atoms with E-state index < -0.39 is 0 Å². The summed E-state index contributed by atoms with van der Waals surface area (Å²) in [6, 6.07) is 0. The van der Waals surface area contributed by atoms with Gasteiger partial charge in [-0.3, -0.25) is 4.79 Å². The van der Waals surface area contributed by atoms with Gasteiger partial charge in [0.05, 0.1) is 0 Å². The largest absolute Gasteiger partial charge is 0.299 e. The Balaban J connectivity index is 1.91. The van der Waals surface area contributed by atoms with Crippen LogP contribution in [0.1, 0.15) is 135 Å². The highest BCUT2D eigenvalue weighted by molar-refractivity contribution is 5.81. The predicted molar refractivity (Wildman–Crippen MR) is 109 cm³/mol. The molecule has 2 fully saturated rings. The van der Waals surface area contributed by atoms with Crippen LogP contribution in [-0.2, 0) is 4.79 Å². The molecule has 2 aliphatic carbocycles. The molecule has 0 N–H and O–H groups in total. The van der Waals surface area contributed by atoms with Gasteiger partial charge in [-0.05, 0) is 31.6 Å². The van der Waals surface area contributed by atoms with Crippen LogP contribution in [0.25, 0.3) is 0 Å². The van der Waals surface area contributed by atoms with Crippen molar-refractivity contribution in [2.75, 3.05) is 0 Å². The minimum Gasteiger partial charge on any atom is -0.299 e. The molecule has 1 unspecified atom stereocenters. The normalized spacial score (nSPS) is 28.2. The molecule has 0 spiro atoms. The molecule has 0 amide bonds. The molecule has 0 heterocycles. The minimum absolute atomic E-state index is 0.405. The van der Waals surface area contributed by atoms with E-state index in [0.29, 0.717) is 17.6 Å². The molecule has 0 saturated heterocycles. The van der Waals surface area contributed by atoms with Gasteiger partial charge in [-0.25, -0.2) is 0 Å². The van der Waals surface area contributed by atoms with E-state index >= 15 is 0 Å². The summed E-state index contributed by atoms with van der Waals surface area (Å²) in [6.07, 6.45) is 28.1. The van der Waals surface area contributed by atoms with E-state index in [1.54, 1.807) is 0 Å². The van der Waals surface area contributed by atoms with Crippen LogP contribution < -0.4 is 0 Å². The Kier molecular flexibility index (Phi) is 11.6. The van der Waals surface area contributed by atoms with Crippen molar-refractivity contribution in [1.82, 2.24) is 0 Å². The SMILES string of the molecule is O=C1CCCCCCCCCCC1C1CCCCCCCCCCC1. The summed E-state index contributed by atoms with van der Waals surface area (Å²) < 4.78 is 0. The Bertz CT molecular complexity index is 323. The number of carbonyl (C=O) groups excluding carboxylic acids is 1. The van der Waals surface area contributed by atoms with Crippen LogP contribution in [0.5, 0.6) is 0 Å². The Morgan fingerprint density at radius 1 is 0.440 bits per heavy atom. The third-order valence-electron chi connectivity index (χ3n) is 6.82. The molecule has 0 aromatic carbocycles. The Morgan fingerprint density at radius 2 is 0.800 bits per heavy atom. The molecular formula is C24H44O. The molecule has 0 aliphatic heterocycles. The zero-order chi connectivity index (χ0) is 17.6. The molecule has 1 atom stereocenters. The highest BCUT2D eigenvalue weighted by Crippen LogP contribution is 2.32. The van der Waals surface area contributed by atoms with E-state index in [2.05, 4.69) is 0 Å². The maximum Gasteiger partial charge on any atom is 0.136 e. The van der Waals surface area contributed by atoms with E-state index in [1.165, 1.54) is 122 Å². The van der Waals surface area contributed by atoms with Crippen LogP contribution in [0.15, 0.2) is 0 Å². The minimum atomic E-state index is 0.405. The number of ketones is 1. The molecule has 1 heteroatoms. The molecule has 1 nitrogen and oxygen atoms in total. The van der Waals surface area contributed by atoms with Gasteiger partial charge < -0.3 is 0 Å². The van der Waals surface area contributed by atoms with Gasteiger partial charge in [0.1, 0.15) is 5.78 Å². The van der Waals surface area contributed by atoms with Crippen LogP contribution in [0.4, 0.5) is 0 Å². The number of rotatable bonds is 1. The number of Topliss-reactive ketones (excluding diaryl/α,β-unsaturated/α-hetero) is 1. The Morgan fingerprint density at radius 3 is 1.28 bits per heavy atom. The lowest BCUT2D eigenvalue weighted by Gasteiger charge is -2.27. The highest BCUT2D eigenvalue weighted by atomic mass is 16.1. The quantitative estimate of drug-likeness (QED) is 0.469. The van der Waals surface area contributed by atoms with Crippen molar-refractivity contribution in [1.29, 1.82) is 0 Å². The second-order valence-corrected chi connectivity index (χ2v) is 8.96. The van der Waals surface area contributed by atoms with E-state index in [0.717, 1.165) is 12.8 Å². The van der Waals surface area contributed by atoms with Gasteiger partial charge in [0, 0.05) is 12.3 Å². The van der Waals surface area contributed by atoms with Crippen LogP contribution in [0, 0.1) is 11.8 Å². The predicted octanol–water partition coefficient (Wildman–Crippen LogP) is 8.01. The molecule has 25 heavy (non-hydrogen) atoms. The summed E-state index contributed by atoms with van der Waals surface area (Å²) in [7, 11) is 0. The van der Waals surface area contributed by atoms with Crippen molar-refractivity contribution in [3.8, 4) is 0 Å². The molecule has 0 aromatic rings. The second-order valence-electron chi connectivity index (χ2n) is 8.96. The van der Waals surface area contributed by atoms with E-state index in [4.69, 9.17) is 0 Å². The molecule has 0 bridgehead atoms. The summed E-state index contributed by atoms with van der Waals surface area (Å²) in [5.74, 6) is 1.75. The fourth-order valence-corrected chi connectivity index (χ4v) is 5.17. The topological polar surface area (TPSA) is 17.1 Å². The van der Waals surface area contributed by atoms with Crippen molar-refractivity contribution >= 4 is 5.78 Å². The van der Waals surface area contributed by atoms with Gasteiger partial charge in [-0.15, -0.1) is 0 Å². The lowest BCUT2D eigenvalue weighted by atomic mass is 9.77. The highest BCUT2D eigenvalue weighted by Gasteiger charge is 2.27. The first-order valence-electron chi connectivity index (χ1n) is 11.9. The molecule has 2 aliphatic rings. The number of carbonyl (C=O) groups is 1. The van der Waals surface area contributed by atoms with Crippen LogP contribution in [0.3, 0.4) is 0 Å². The fraction of sp³-hybridized carbons (Fsp3) is 0.958. The monoisotopic (exact) mass is 348 g/mol. The number of hydrogen-bond donors (Lipinski definition) is 0. The van der Waals surface area contributed by atoms with E-state index in [9.17, 15) is 4.79 Å². The smallest absolute Gasteiger partial charge is 0.136 e. The van der Waals surface area contributed by atoms with E-state index in [-0.39, 0.29) is 0 Å². The molecular weight excluding hydrogens is 304 g/mol. The molecule has 0 aromatic heterocycles. The van der Waals surface area contributed by atoms with Crippen LogP contribution in [0.2, 0.25) is 0 Å². The van der Waals surface area contributed by atoms with Gasteiger partial charge in [-0.1, -0.05) is 103 Å². The Hall–Kier alpha value is -0.330. The summed E-state index contributed by atoms with van der Waals surface area (Å²) >= 11 is 0. The summed E-state index contributed by atoms with van der Waals surface area (Å²) in [6.45, 7) is 0. The summed E-state index contributed by atoms with van der Waals surface area (Å²) in [4.78, 5) is 13.0. The van der Waals surface area contributed by atoms with Gasteiger partial charge in [0.25, 0.3) is 0 Å². The number of hydrogen-bond acceptors (Lipinski definition) is 1. The van der Waals surface area contributed by atoms with Crippen molar-refractivity contribution in [2.24, 2.45) is 11.8 Å². The summed E-state index contributed by atoms with van der Waals surface area (Å²) in [5.41, 5.74) is 0. The van der Waals surface area contributed by atoms with Gasteiger partial charge >= 0.3 is 0 Å². The van der Waals surface area contributed by atoms with E-state index in [1.807, 2.05) is 0 Å². The Labute approximate surface area is 157 Å². The lowest BCUT2D eigenvalue weighted by Crippen LogP contribution is -2.24. The second kappa shape index (κ2) is 13.8. The van der Waals surface area contributed by atoms with Gasteiger partial charge in [0.15, 0.2) is 0 Å². The lowest BCUT2D eigenvalue weighted by molar-refractivity contribution is -0.125. The van der Waals surface area contributed by atoms with Crippen molar-refractivity contribution in [3.05, 3.63) is 0 Å². The zero-order valence-electron chi connectivity index (χ0n) is 16.9. The molecule has 0 radical (unpaired) electrons. The third-order valence-corrected chi connectivity index (χ3v) is 6.82. The van der Waals surface area contributed by atoms with Crippen LogP contribution >= 0.6 is 0 Å². The maximum absolute atomic E-state index is 13.0. The third kappa shape index (κ3) is 9.25. The first-order valence-corrected chi connectivity index (χ1v) is 11.9. The van der Waals surface area contributed by atoms with Gasteiger partial charge in [-0.2, -0.15) is 0 Å². The first-order chi connectivity index (χ1) is 12.4. The van der Waals surface area contributed by atoms with Crippen molar-refractivity contribution in [2.45, 2.75) is 135 Å². The maximum atomic E-state index is 13.0. The van der Waals surface area contributed by atoms with Gasteiger partial charge in [0.2, 0.25) is 0 Å². The first kappa shape index (κ1) is 21.0. The molecule has 146 valence electrons. The average molecular weight is 349 g/mol.